The van der Waals surface area contributed by atoms with Crippen molar-refractivity contribution in [2.24, 2.45) is 0 Å². The maximum absolute atomic E-state index is 10.3. The van der Waals surface area contributed by atoms with Crippen molar-refractivity contribution >= 4 is 54.9 Å². The summed E-state index contributed by atoms with van der Waals surface area (Å²) in [7, 11) is 0. The SMILES string of the molecule is CCCCCCCCC=CCCCCCCCC(=O)O.[BaH2]. The molecule has 0 aromatic rings. The van der Waals surface area contributed by atoms with Gasteiger partial charge < -0.3 is 5.11 Å². The molecule has 0 aliphatic rings. The van der Waals surface area contributed by atoms with Crippen LogP contribution < -0.4 is 0 Å². The molecule has 0 aliphatic carbocycles. The van der Waals surface area contributed by atoms with Crippen LogP contribution in [0.3, 0.4) is 0 Å². The molecule has 0 fully saturated rings. The molecule has 0 atom stereocenters. The molecule has 3 heteroatoms. The second-order valence-corrected chi connectivity index (χ2v) is 5.73. The van der Waals surface area contributed by atoms with Gasteiger partial charge >= 0.3 is 54.9 Å². The Kier molecular flexibility index (Phi) is 23.8. The number of carbonyl (C=O) groups is 1. The van der Waals surface area contributed by atoms with Crippen LogP contribution in [0.5, 0.6) is 0 Å². The predicted octanol–water partition coefficient (Wildman–Crippen LogP) is 5.19. The van der Waals surface area contributed by atoms with Gasteiger partial charge in [0.05, 0.1) is 0 Å². The summed E-state index contributed by atoms with van der Waals surface area (Å²) in [5, 5.41) is 8.51. The van der Waals surface area contributed by atoms with Gasteiger partial charge in [-0.05, 0) is 32.1 Å². The minimum absolute atomic E-state index is 0. The van der Waals surface area contributed by atoms with E-state index in [0.717, 1.165) is 12.8 Å². The fourth-order valence-corrected chi connectivity index (χ4v) is 2.35. The van der Waals surface area contributed by atoms with Gasteiger partial charge in [0.25, 0.3) is 0 Å². The minimum atomic E-state index is -0.664. The predicted molar refractivity (Wildman–Crippen MR) is 95.6 cm³/mol. The van der Waals surface area contributed by atoms with Crippen molar-refractivity contribution in [3.63, 3.8) is 0 Å². The monoisotopic (exact) mass is 422 g/mol. The van der Waals surface area contributed by atoms with Crippen molar-refractivity contribution in [2.45, 2.75) is 96.8 Å². The topological polar surface area (TPSA) is 37.3 Å². The van der Waals surface area contributed by atoms with Gasteiger partial charge in [-0.15, -0.1) is 0 Å². The molecule has 0 saturated carbocycles. The van der Waals surface area contributed by atoms with Crippen molar-refractivity contribution in [2.75, 3.05) is 0 Å². The van der Waals surface area contributed by atoms with Gasteiger partial charge in [-0.3, -0.25) is 4.79 Å². The van der Waals surface area contributed by atoms with E-state index in [9.17, 15) is 4.79 Å². The Morgan fingerprint density at radius 2 is 1.19 bits per heavy atom. The first-order valence-corrected chi connectivity index (χ1v) is 8.64. The zero-order valence-electron chi connectivity index (χ0n) is 13.4. The second kappa shape index (κ2) is 20.8. The summed E-state index contributed by atoms with van der Waals surface area (Å²) < 4.78 is 0. The van der Waals surface area contributed by atoms with Gasteiger partial charge in [0.15, 0.2) is 0 Å². The van der Waals surface area contributed by atoms with E-state index in [2.05, 4.69) is 19.1 Å². The van der Waals surface area contributed by atoms with E-state index in [1.165, 1.54) is 70.6 Å². The quantitative estimate of drug-likeness (QED) is 0.224. The summed E-state index contributed by atoms with van der Waals surface area (Å²) in [6.07, 6.45) is 21.2. The number of carboxylic acids is 1. The van der Waals surface area contributed by atoms with Crippen LogP contribution in [-0.4, -0.2) is 60.0 Å². The summed E-state index contributed by atoms with van der Waals surface area (Å²) >= 11 is 0. The molecule has 21 heavy (non-hydrogen) atoms. The first-order valence-electron chi connectivity index (χ1n) is 8.64. The zero-order valence-corrected chi connectivity index (χ0v) is 13.4. The summed E-state index contributed by atoms with van der Waals surface area (Å²) in [5.41, 5.74) is 0. The fraction of sp³-hybridized carbons (Fsp3) is 0.833. The van der Waals surface area contributed by atoms with Gasteiger partial charge in [0, 0.05) is 6.42 Å². The number of hydrogen-bond donors (Lipinski definition) is 1. The summed E-state index contributed by atoms with van der Waals surface area (Å²) in [6.45, 7) is 2.26. The van der Waals surface area contributed by atoms with Crippen LogP contribution in [0, 0.1) is 0 Å². The van der Waals surface area contributed by atoms with Crippen molar-refractivity contribution in [3.05, 3.63) is 12.2 Å². The van der Waals surface area contributed by atoms with Crippen molar-refractivity contribution in [1.82, 2.24) is 0 Å². The van der Waals surface area contributed by atoms with Gasteiger partial charge in [0.2, 0.25) is 0 Å². The molecule has 0 heterocycles. The third kappa shape index (κ3) is 23.2. The van der Waals surface area contributed by atoms with Crippen LogP contribution in [0.4, 0.5) is 0 Å². The van der Waals surface area contributed by atoms with Crippen molar-refractivity contribution in [1.29, 1.82) is 0 Å². The molecule has 0 saturated heterocycles. The van der Waals surface area contributed by atoms with Crippen LogP contribution in [0.1, 0.15) is 96.8 Å². The van der Waals surface area contributed by atoms with E-state index in [0.29, 0.717) is 6.42 Å². The van der Waals surface area contributed by atoms with Crippen LogP contribution in [0.25, 0.3) is 0 Å². The molecule has 2 nitrogen and oxygen atoms in total. The third-order valence-electron chi connectivity index (χ3n) is 3.65. The van der Waals surface area contributed by atoms with E-state index in [-0.39, 0.29) is 48.9 Å². The molecule has 0 aromatic heterocycles. The average Bonchev–Trinajstić information content (AvgIpc) is 2.43. The molecule has 0 aromatic carbocycles. The molecule has 0 radical (unpaired) electrons. The van der Waals surface area contributed by atoms with Crippen molar-refractivity contribution < 1.29 is 9.90 Å². The van der Waals surface area contributed by atoms with Crippen molar-refractivity contribution in [3.8, 4) is 0 Å². The molecule has 0 amide bonds. The second-order valence-electron chi connectivity index (χ2n) is 5.73. The molecule has 0 spiro atoms. The van der Waals surface area contributed by atoms with Crippen LogP contribution in [-0.2, 0) is 4.79 Å². The van der Waals surface area contributed by atoms with Gasteiger partial charge in [-0.25, -0.2) is 0 Å². The Hall–Kier alpha value is 0.781. The Morgan fingerprint density at radius 1 is 0.762 bits per heavy atom. The summed E-state index contributed by atoms with van der Waals surface area (Å²) in [6, 6.07) is 0. The molecule has 0 unspecified atom stereocenters. The van der Waals surface area contributed by atoms with E-state index < -0.39 is 5.97 Å². The van der Waals surface area contributed by atoms with E-state index in [1.807, 2.05) is 0 Å². The van der Waals surface area contributed by atoms with Crippen LogP contribution in [0.2, 0.25) is 0 Å². The molecule has 0 bridgehead atoms. The standard InChI is InChI=1S/C18H34O2.Ba.2H/c1-2-3-4-5-6-7-8-9-10-11-12-13-14-15-16-17-18(19)20;;;/h9-10H,2-8,11-17H2,1H3,(H,19,20);;;. The Balaban J connectivity index is 0. The van der Waals surface area contributed by atoms with Crippen LogP contribution in [0.15, 0.2) is 12.2 Å². The molecule has 122 valence electrons. The van der Waals surface area contributed by atoms with Gasteiger partial charge in [-0.1, -0.05) is 70.4 Å². The zero-order chi connectivity index (χ0) is 14.9. The summed E-state index contributed by atoms with van der Waals surface area (Å²) in [4.78, 5) is 10.3. The number of aliphatic carboxylic acids is 1. The Labute approximate surface area is 172 Å². The first-order chi connectivity index (χ1) is 9.77. The van der Waals surface area contributed by atoms with Crippen LogP contribution >= 0.6 is 0 Å². The molecular weight excluding hydrogens is 386 g/mol. The van der Waals surface area contributed by atoms with E-state index in [4.69, 9.17) is 5.11 Å². The number of rotatable bonds is 15. The maximum atomic E-state index is 10.3. The van der Waals surface area contributed by atoms with E-state index in [1.54, 1.807) is 0 Å². The molecule has 0 aliphatic heterocycles. The number of allylic oxidation sites excluding steroid dienone is 2. The van der Waals surface area contributed by atoms with Gasteiger partial charge in [0.1, 0.15) is 0 Å². The fourth-order valence-electron chi connectivity index (χ4n) is 2.35. The molecule has 1 N–H and O–H groups in total. The number of unbranched alkanes of at least 4 members (excludes halogenated alkanes) is 11. The van der Waals surface area contributed by atoms with Gasteiger partial charge in [-0.2, -0.15) is 0 Å². The third-order valence-corrected chi connectivity index (χ3v) is 3.65. The molecular formula is C18H36BaO2. The Bertz CT molecular complexity index is 239. The Morgan fingerprint density at radius 3 is 1.67 bits per heavy atom. The number of hydrogen-bond acceptors (Lipinski definition) is 1. The first kappa shape index (κ1) is 24.0. The summed E-state index contributed by atoms with van der Waals surface area (Å²) in [5.74, 6) is -0.664. The molecule has 0 rings (SSSR count). The van der Waals surface area contributed by atoms with E-state index >= 15 is 0 Å². The average molecular weight is 422 g/mol. The number of carboxylic acid groups (broad SMARTS) is 1. The normalized spacial score (nSPS) is 10.7.